The molecule has 0 aliphatic carbocycles. The van der Waals surface area contributed by atoms with E-state index in [4.69, 9.17) is 0 Å². The second kappa shape index (κ2) is 8.84. The van der Waals surface area contributed by atoms with Crippen LogP contribution < -0.4 is 5.32 Å². The summed E-state index contributed by atoms with van der Waals surface area (Å²) in [6, 6.07) is 8.89. The molecule has 2 saturated heterocycles. The fourth-order valence-corrected chi connectivity index (χ4v) is 4.26. The molecule has 0 bridgehead atoms. The van der Waals surface area contributed by atoms with E-state index in [-0.39, 0.29) is 0 Å². The van der Waals surface area contributed by atoms with E-state index in [1.54, 1.807) is 6.07 Å². The first-order valence-corrected chi connectivity index (χ1v) is 9.75. The molecule has 1 aromatic rings. The van der Waals surface area contributed by atoms with Crippen molar-refractivity contribution in [2.24, 2.45) is 0 Å². The highest BCUT2D eigenvalue weighted by Gasteiger charge is 2.30. The maximum Gasteiger partial charge on any atom is 0.115 e. The van der Waals surface area contributed by atoms with Gasteiger partial charge in [-0.15, -0.1) is 0 Å². The summed E-state index contributed by atoms with van der Waals surface area (Å²) in [4.78, 5) is 5.33. The first-order chi connectivity index (χ1) is 11.8. The lowest BCUT2D eigenvalue weighted by molar-refractivity contribution is 0.0748. The van der Waals surface area contributed by atoms with Gasteiger partial charge in [0.15, 0.2) is 0 Å². The Morgan fingerprint density at radius 2 is 1.96 bits per heavy atom. The normalized spacial score (nSPS) is 25.3. The van der Waals surface area contributed by atoms with E-state index in [1.165, 1.54) is 50.8 Å². The highest BCUT2D eigenvalue weighted by molar-refractivity contribution is 5.30. The van der Waals surface area contributed by atoms with Gasteiger partial charge >= 0.3 is 0 Å². The van der Waals surface area contributed by atoms with Gasteiger partial charge in [-0.05, 0) is 50.0 Å². The number of phenols is 1. The molecule has 2 heterocycles. The van der Waals surface area contributed by atoms with E-state index in [1.807, 2.05) is 12.1 Å². The number of aromatic hydroxyl groups is 1. The quantitative estimate of drug-likeness (QED) is 0.870. The summed E-state index contributed by atoms with van der Waals surface area (Å²) < 4.78 is 0. The first-order valence-electron chi connectivity index (χ1n) is 9.75. The minimum atomic E-state index is 0.377. The Labute approximate surface area is 146 Å². The van der Waals surface area contributed by atoms with Crippen molar-refractivity contribution in [3.63, 3.8) is 0 Å². The van der Waals surface area contributed by atoms with E-state index in [9.17, 15) is 5.11 Å². The summed E-state index contributed by atoms with van der Waals surface area (Å²) in [5.74, 6) is 0.386. The van der Waals surface area contributed by atoms with E-state index < -0.39 is 0 Å². The molecule has 2 aliphatic heterocycles. The molecule has 0 amide bonds. The van der Waals surface area contributed by atoms with Crippen molar-refractivity contribution < 1.29 is 5.11 Å². The number of nitrogens with one attached hydrogen (secondary N) is 1. The van der Waals surface area contributed by atoms with E-state index in [2.05, 4.69) is 28.1 Å². The summed E-state index contributed by atoms with van der Waals surface area (Å²) in [6.07, 6.45) is 6.57. The van der Waals surface area contributed by atoms with Crippen molar-refractivity contribution in [1.82, 2.24) is 15.1 Å². The molecule has 2 fully saturated rings. The summed E-state index contributed by atoms with van der Waals surface area (Å²) in [5, 5.41) is 13.5. The zero-order valence-electron chi connectivity index (χ0n) is 15.1. The maximum absolute atomic E-state index is 9.99. The highest BCUT2D eigenvalue weighted by Crippen LogP contribution is 2.29. The van der Waals surface area contributed by atoms with Crippen LogP contribution in [0, 0.1) is 0 Å². The SMILES string of the molecule is CCC1CNCCN1C(CN1CCCCCC1)c1cccc(O)c1. The molecule has 2 atom stereocenters. The molecular formula is C20H33N3O. The van der Waals surface area contributed by atoms with Gasteiger partial charge in [-0.2, -0.15) is 0 Å². The van der Waals surface area contributed by atoms with E-state index in [0.29, 0.717) is 17.8 Å². The number of rotatable bonds is 5. The Morgan fingerprint density at radius 3 is 2.67 bits per heavy atom. The Kier molecular flexibility index (Phi) is 6.52. The third kappa shape index (κ3) is 4.50. The van der Waals surface area contributed by atoms with Crippen LogP contribution in [-0.2, 0) is 0 Å². The number of benzene rings is 1. The van der Waals surface area contributed by atoms with Crippen LogP contribution in [0.4, 0.5) is 0 Å². The van der Waals surface area contributed by atoms with Crippen LogP contribution in [0.1, 0.15) is 50.6 Å². The molecule has 4 heteroatoms. The molecule has 2 unspecified atom stereocenters. The Bertz CT molecular complexity index is 499. The van der Waals surface area contributed by atoms with Crippen LogP contribution >= 0.6 is 0 Å². The maximum atomic E-state index is 9.99. The van der Waals surface area contributed by atoms with Crippen molar-refractivity contribution in [3.05, 3.63) is 29.8 Å². The van der Waals surface area contributed by atoms with Crippen LogP contribution in [0.15, 0.2) is 24.3 Å². The lowest BCUT2D eigenvalue weighted by Gasteiger charge is -2.43. The van der Waals surface area contributed by atoms with Crippen LogP contribution in [0.25, 0.3) is 0 Å². The molecule has 2 N–H and O–H groups in total. The van der Waals surface area contributed by atoms with Crippen molar-refractivity contribution >= 4 is 0 Å². The number of piperazine rings is 1. The lowest BCUT2D eigenvalue weighted by Crippen LogP contribution is -2.54. The molecule has 1 aromatic carbocycles. The minimum Gasteiger partial charge on any atom is -0.508 e. The van der Waals surface area contributed by atoms with E-state index >= 15 is 0 Å². The topological polar surface area (TPSA) is 38.7 Å². The largest absolute Gasteiger partial charge is 0.508 e. The molecule has 0 spiro atoms. The smallest absolute Gasteiger partial charge is 0.115 e. The Balaban J connectivity index is 1.82. The second-order valence-corrected chi connectivity index (χ2v) is 7.33. The predicted molar refractivity (Wildman–Crippen MR) is 99.4 cm³/mol. The Morgan fingerprint density at radius 1 is 1.17 bits per heavy atom. The molecule has 2 aliphatic rings. The molecule has 0 radical (unpaired) electrons. The number of hydrogen-bond acceptors (Lipinski definition) is 4. The minimum absolute atomic E-state index is 0.377. The molecule has 0 saturated carbocycles. The molecule has 0 aromatic heterocycles. The number of nitrogens with zero attached hydrogens (tertiary/aromatic N) is 2. The van der Waals surface area contributed by atoms with Gasteiger partial charge in [0.05, 0.1) is 0 Å². The molecule has 3 rings (SSSR count). The fourth-order valence-electron chi connectivity index (χ4n) is 4.26. The van der Waals surface area contributed by atoms with Gasteiger partial charge < -0.3 is 15.3 Å². The van der Waals surface area contributed by atoms with Gasteiger partial charge in [0.1, 0.15) is 5.75 Å². The van der Waals surface area contributed by atoms with E-state index in [0.717, 1.165) is 26.2 Å². The van der Waals surface area contributed by atoms with Gasteiger partial charge in [-0.1, -0.05) is 31.9 Å². The van der Waals surface area contributed by atoms with Gasteiger partial charge in [0, 0.05) is 38.3 Å². The van der Waals surface area contributed by atoms with Crippen LogP contribution in [0.5, 0.6) is 5.75 Å². The standard InChI is InChI=1S/C20H33N3O/c1-2-18-15-21-10-13-23(18)20(17-8-7-9-19(24)14-17)16-22-11-5-3-4-6-12-22/h7-9,14,18,20-21,24H,2-6,10-13,15-16H2,1H3. The molecule has 134 valence electrons. The average molecular weight is 332 g/mol. The highest BCUT2D eigenvalue weighted by atomic mass is 16.3. The third-order valence-electron chi connectivity index (χ3n) is 5.65. The summed E-state index contributed by atoms with van der Waals surface area (Å²) in [5.41, 5.74) is 1.26. The van der Waals surface area contributed by atoms with Crippen LogP contribution in [0.2, 0.25) is 0 Å². The van der Waals surface area contributed by atoms with Gasteiger partial charge in [0.25, 0.3) is 0 Å². The Hall–Kier alpha value is -1.10. The number of likely N-dealkylation sites (tertiary alicyclic amines) is 1. The van der Waals surface area contributed by atoms with Gasteiger partial charge in [-0.25, -0.2) is 0 Å². The van der Waals surface area contributed by atoms with Gasteiger partial charge in [0.2, 0.25) is 0 Å². The summed E-state index contributed by atoms with van der Waals surface area (Å²) >= 11 is 0. The molecular weight excluding hydrogens is 298 g/mol. The monoisotopic (exact) mass is 331 g/mol. The van der Waals surface area contributed by atoms with Gasteiger partial charge in [-0.3, -0.25) is 4.90 Å². The fraction of sp³-hybridized carbons (Fsp3) is 0.700. The van der Waals surface area contributed by atoms with Crippen molar-refractivity contribution in [3.8, 4) is 5.75 Å². The average Bonchev–Trinajstić information content (AvgIpc) is 2.88. The zero-order chi connectivity index (χ0) is 16.8. The second-order valence-electron chi connectivity index (χ2n) is 7.33. The summed E-state index contributed by atoms with van der Waals surface area (Å²) in [6.45, 7) is 9.04. The first kappa shape index (κ1) is 17.7. The predicted octanol–water partition coefficient (Wildman–Crippen LogP) is 2.99. The lowest BCUT2D eigenvalue weighted by atomic mass is 9.99. The molecule has 24 heavy (non-hydrogen) atoms. The zero-order valence-corrected chi connectivity index (χ0v) is 15.1. The van der Waals surface area contributed by atoms with Crippen LogP contribution in [-0.4, -0.2) is 60.2 Å². The number of phenolic OH excluding ortho intramolecular Hbond substituents is 1. The molecule has 4 nitrogen and oxygen atoms in total. The third-order valence-corrected chi connectivity index (χ3v) is 5.65. The summed E-state index contributed by atoms with van der Waals surface area (Å²) in [7, 11) is 0. The number of hydrogen-bond donors (Lipinski definition) is 2. The van der Waals surface area contributed by atoms with Crippen molar-refractivity contribution in [2.75, 3.05) is 39.3 Å². The van der Waals surface area contributed by atoms with Crippen LogP contribution in [0.3, 0.4) is 0 Å². The van der Waals surface area contributed by atoms with Crippen molar-refractivity contribution in [2.45, 2.75) is 51.1 Å². The van der Waals surface area contributed by atoms with Crippen molar-refractivity contribution in [1.29, 1.82) is 0 Å².